The van der Waals surface area contributed by atoms with Gasteiger partial charge in [0, 0.05) is 11.4 Å². The average molecular weight is 335 g/mol. The van der Waals surface area contributed by atoms with Crippen LogP contribution in [0.25, 0.3) is 0 Å². The maximum absolute atomic E-state index is 11.6. The van der Waals surface area contributed by atoms with E-state index in [1.807, 2.05) is 12.1 Å². The number of halogens is 2. The number of thiophene rings is 1. The molecule has 0 aliphatic heterocycles. The highest BCUT2D eigenvalue weighted by Crippen LogP contribution is 2.21. The molecule has 0 aliphatic rings. The molecule has 2 rings (SSSR count). The Hall–Kier alpha value is -0.780. The first-order valence-corrected chi connectivity index (χ1v) is 6.91. The van der Waals surface area contributed by atoms with Crippen LogP contribution in [0.5, 0.6) is 0 Å². The number of nitrogens with one attached hydrogen (secondary N) is 1. The van der Waals surface area contributed by atoms with E-state index in [4.69, 9.17) is 16.0 Å². The van der Waals surface area contributed by atoms with Crippen LogP contribution < -0.4 is 5.32 Å². The molecule has 1 N–H and O–H groups in total. The van der Waals surface area contributed by atoms with Gasteiger partial charge in [-0.25, -0.2) is 0 Å². The summed E-state index contributed by atoms with van der Waals surface area (Å²) in [7, 11) is 0. The van der Waals surface area contributed by atoms with Crippen molar-refractivity contribution in [3.8, 4) is 0 Å². The lowest BCUT2D eigenvalue weighted by Gasteiger charge is -2.01. The molecule has 0 saturated heterocycles. The quantitative estimate of drug-likeness (QED) is 0.925. The van der Waals surface area contributed by atoms with E-state index in [9.17, 15) is 4.79 Å². The predicted octanol–water partition coefficient (Wildman–Crippen LogP) is 3.73. The molecule has 0 saturated carbocycles. The summed E-state index contributed by atoms with van der Waals surface area (Å²) in [6.07, 6.45) is 0.769. The Morgan fingerprint density at radius 3 is 2.82 bits per heavy atom. The van der Waals surface area contributed by atoms with E-state index in [-0.39, 0.29) is 5.91 Å². The van der Waals surface area contributed by atoms with Crippen molar-refractivity contribution >= 4 is 44.8 Å². The van der Waals surface area contributed by atoms with E-state index in [0.29, 0.717) is 17.0 Å². The van der Waals surface area contributed by atoms with Crippen LogP contribution in [0.3, 0.4) is 0 Å². The van der Waals surface area contributed by atoms with Crippen molar-refractivity contribution in [2.75, 3.05) is 6.54 Å². The van der Waals surface area contributed by atoms with E-state index in [2.05, 4.69) is 21.2 Å². The zero-order valence-corrected chi connectivity index (χ0v) is 11.9. The summed E-state index contributed by atoms with van der Waals surface area (Å²) in [6, 6.07) is 7.13. The minimum absolute atomic E-state index is 0.210. The van der Waals surface area contributed by atoms with Crippen LogP contribution in [0.15, 0.2) is 33.4 Å². The predicted molar refractivity (Wildman–Crippen MR) is 71.8 cm³/mol. The van der Waals surface area contributed by atoms with Crippen LogP contribution in [0.2, 0.25) is 4.34 Å². The van der Waals surface area contributed by atoms with Crippen LogP contribution in [-0.4, -0.2) is 12.5 Å². The fraction of sp³-hybridized carbons (Fsp3) is 0.182. The summed E-state index contributed by atoms with van der Waals surface area (Å²) in [5.41, 5.74) is 0. The summed E-state index contributed by atoms with van der Waals surface area (Å²) in [5, 5.41) is 2.78. The Morgan fingerprint density at radius 1 is 1.41 bits per heavy atom. The Bertz CT molecular complexity index is 523. The summed E-state index contributed by atoms with van der Waals surface area (Å²) < 4.78 is 6.45. The van der Waals surface area contributed by atoms with Crippen molar-refractivity contribution in [2.24, 2.45) is 0 Å². The van der Waals surface area contributed by atoms with Gasteiger partial charge in [0.25, 0.3) is 5.91 Å². The summed E-state index contributed by atoms with van der Waals surface area (Å²) in [5.74, 6) is 0.0967. The molecule has 3 nitrogen and oxygen atoms in total. The van der Waals surface area contributed by atoms with Crippen LogP contribution in [0, 0.1) is 0 Å². The zero-order chi connectivity index (χ0) is 12.3. The molecule has 0 aromatic carbocycles. The number of hydrogen-bond acceptors (Lipinski definition) is 3. The van der Waals surface area contributed by atoms with Gasteiger partial charge < -0.3 is 9.73 Å². The van der Waals surface area contributed by atoms with Crippen molar-refractivity contribution in [1.82, 2.24) is 5.32 Å². The van der Waals surface area contributed by atoms with E-state index in [1.54, 1.807) is 12.1 Å². The first-order chi connectivity index (χ1) is 8.15. The first-order valence-electron chi connectivity index (χ1n) is 4.93. The molecule has 2 aromatic rings. The SMILES string of the molecule is O=C(NCCc1ccc(Cl)s1)c1ccc(Br)o1. The fourth-order valence-electron chi connectivity index (χ4n) is 1.31. The number of hydrogen-bond donors (Lipinski definition) is 1. The van der Waals surface area contributed by atoms with Crippen molar-refractivity contribution in [1.29, 1.82) is 0 Å². The van der Waals surface area contributed by atoms with Crippen molar-refractivity contribution < 1.29 is 9.21 Å². The molecule has 90 valence electrons. The Labute approximate surface area is 116 Å². The van der Waals surface area contributed by atoms with Crippen molar-refractivity contribution in [2.45, 2.75) is 6.42 Å². The third kappa shape index (κ3) is 3.59. The molecule has 0 bridgehead atoms. The molecule has 0 unspecified atom stereocenters. The molecular formula is C11H9BrClNO2S. The van der Waals surface area contributed by atoms with E-state index < -0.39 is 0 Å². The second-order valence-electron chi connectivity index (χ2n) is 3.32. The molecule has 0 spiro atoms. The number of carbonyl (C=O) groups excluding carboxylic acids is 1. The molecule has 0 radical (unpaired) electrons. The topological polar surface area (TPSA) is 42.2 Å². The highest BCUT2D eigenvalue weighted by Gasteiger charge is 2.09. The molecule has 0 fully saturated rings. The molecule has 2 aromatic heterocycles. The molecule has 2 heterocycles. The largest absolute Gasteiger partial charge is 0.444 e. The fourth-order valence-corrected chi connectivity index (χ4v) is 2.70. The maximum atomic E-state index is 11.6. The van der Waals surface area contributed by atoms with E-state index in [0.717, 1.165) is 15.6 Å². The van der Waals surface area contributed by atoms with Gasteiger partial charge in [-0.1, -0.05) is 11.6 Å². The Balaban J connectivity index is 1.81. The standard InChI is InChI=1S/C11H9BrClNO2S/c12-9-3-2-8(16-9)11(15)14-6-5-7-1-4-10(13)17-7/h1-4H,5-6H2,(H,14,15). The lowest BCUT2D eigenvalue weighted by Crippen LogP contribution is -2.24. The van der Waals surface area contributed by atoms with Gasteiger partial charge >= 0.3 is 0 Å². The Kier molecular flexibility index (Phi) is 4.25. The highest BCUT2D eigenvalue weighted by molar-refractivity contribution is 9.10. The second-order valence-corrected chi connectivity index (χ2v) is 5.90. The van der Waals surface area contributed by atoms with Crippen molar-refractivity contribution in [3.05, 3.63) is 43.9 Å². The van der Waals surface area contributed by atoms with Crippen LogP contribution in [0.1, 0.15) is 15.4 Å². The first kappa shape index (κ1) is 12.7. The van der Waals surface area contributed by atoms with E-state index >= 15 is 0 Å². The summed E-state index contributed by atoms with van der Waals surface area (Å²) in [4.78, 5) is 12.8. The monoisotopic (exact) mass is 333 g/mol. The maximum Gasteiger partial charge on any atom is 0.287 e. The molecule has 6 heteroatoms. The van der Waals surface area contributed by atoms with E-state index in [1.165, 1.54) is 11.3 Å². The molecule has 0 aliphatic carbocycles. The van der Waals surface area contributed by atoms with Crippen LogP contribution in [-0.2, 0) is 6.42 Å². The molecular weight excluding hydrogens is 326 g/mol. The zero-order valence-electron chi connectivity index (χ0n) is 8.70. The van der Waals surface area contributed by atoms with Crippen LogP contribution >= 0.6 is 38.9 Å². The minimum atomic E-state index is -0.210. The third-order valence-corrected chi connectivity index (χ3v) is 3.80. The second kappa shape index (κ2) is 5.71. The van der Waals surface area contributed by atoms with Gasteiger partial charge in [-0.3, -0.25) is 4.79 Å². The van der Waals surface area contributed by atoms with Gasteiger partial charge in [0.2, 0.25) is 0 Å². The lowest BCUT2D eigenvalue weighted by molar-refractivity contribution is 0.0925. The number of amides is 1. The van der Waals surface area contributed by atoms with Gasteiger partial charge in [0.1, 0.15) is 0 Å². The van der Waals surface area contributed by atoms with Gasteiger partial charge in [-0.05, 0) is 46.6 Å². The lowest BCUT2D eigenvalue weighted by atomic mass is 10.3. The number of furan rings is 1. The summed E-state index contributed by atoms with van der Waals surface area (Å²) in [6.45, 7) is 0.563. The average Bonchev–Trinajstić information content (AvgIpc) is 2.88. The smallest absolute Gasteiger partial charge is 0.287 e. The number of carbonyl (C=O) groups is 1. The van der Waals surface area contributed by atoms with Crippen LogP contribution in [0.4, 0.5) is 0 Å². The third-order valence-electron chi connectivity index (χ3n) is 2.08. The van der Waals surface area contributed by atoms with Gasteiger partial charge in [-0.15, -0.1) is 11.3 Å². The van der Waals surface area contributed by atoms with Gasteiger partial charge in [0.05, 0.1) is 4.34 Å². The van der Waals surface area contributed by atoms with Crippen molar-refractivity contribution in [3.63, 3.8) is 0 Å². The summed E-state index contributed by atoms with van der Waals surface area (Å²) >= 11 is 10.5. The highest BCUT2D eigenvalue weighted by atomic mass is 79.9. The normalized spacial score (nSPS) is 10.5. The molecule has 0 atom stereocenters. The Morgan fingerprint density at radius 2 is 2.24 bits per heavy atom. The molecule has 17 heavy (non-hydrogen) atoms. The van der Waals surface area contributed by atoms with Gasteiger partial charge in [0.15, 0.2) is 10.4 Å². The number of rotatable bonds is 4. The molecule has 1 amide bonds. The van der Waals surface area contributed by atoms with Gasteiger partial charge in [-0.2, -0.15) is 0 Å². The minimum Gasteiger partial charge on any atom is -0.444 e.